The summed E-state index contributed by atoms with van der Waals surface area (Å²) in [5.74, 6) is 1.48. The fraction of sp³-hybridized carbons (Fsp3) is 0.0952. The lowest BCUT2D eigenvalue weighted by atomic mass is 10.1. The van der Waals surface area contributed by atoms with Crippen LogP contribution in [0.25, 0.3) is 0 Å². The van der Waals surface area contributed by atoms with Crippen molar-refractivity contribution in [3.8, 4) is 11.5 Å². The van der Waals surface area contributed by atoms with Crippen LogP contribution in [0.15, 0.2) is 78.9 Å². The van der Waals surface area contributed by atoms with Gasteiger partial charge in [-0.05, 0) is 60.5 Å². The summed E-state index contributed by atoms with van der Waals surface area (Å²) in [6, 6.07) is 24.1. The first-order valence-corrected chi connectivity index (χ1v) is 8.69. The standard InChI is InChI=1S/C21H19ClN2O2/c22-17-8-6-16(7-9-17)14-15-23-21(25)24-18-10-12-20(13-11-18)26-19-4-2-1-3-5-19/h1-13H,14-15H2,(H2,23,24,25). The zero-order valence-electron chi connectivity index (χ0n) is 14.1. The highest BCUT2D eigenvalue weighted by Crippen LogP contribution is 2.22. The second-order valence-electron chi connectivity index (χ2n) is 5.70. The van der Waals surface area contributed by atoms with Crippen LogP contribution in [0.1, 0.15) is 5.56 Å². The molecule has 0 fully saturated rings. The Hall–Kier alpha value is -2.98. The predicted molar refractivity (Wildman–Crippen MR) is 105 cm³/mol. The largest absolute Gasteiger partial charge is 0.457 e. The second kappa shape index (κ2) is 8.92. The third kappa shape index (κ3) is 5.53. The summed E-state index contributed by atoms with van der Waals surface area (Å²) < 4.78 is 5.72. The number of halogens is 1. The Morgan fingerprint density at radius 2 is 1.50 bits per heavy atom. The normalized spacial score (nSPS) is 10.2. The molecule has 132 valence electrons. The van der Waals surface area contributed by atoms with Crippen molar-refractivity contribution in [1.29, 1.82) is 0 Å². The Morgan fingerprint density at radius 3 is 2.19 bits per heavy atom. The highest BCUT2D eigenvalue weighted by atomic mass is 35.5. The van der Waals surface area contributed by atoms with Crippen molar-refractivity contribution in [2.24, 2.45) is 0 Å². The monoisotopic (exact) mass is 366 g/mol. The summed E-state index contributed by atoms with van der Waals surface area (Å²) in [5, 5.41) is 6.34. The first kappa shape index (κ1) is 17.8. The van der Waals surface area contributed by atoms with Crippen LogP contribution in [0.5, 0.6) is 11.5 Å². The van der Waals surface area contributed by atoms with Crippen LogP contribution in [-0.2, 0) is 6.42 Å². The smallest absolute Gasteiger partial charge is 0.319 e. The molecule has 0 unspecified atom stereocenters. The van der Waals surface area contributed by atoms with Crippen LogP contribution >= 0.6 is 11.6 Å². The molecule has 0 spiro atoms. The molecule has 0 radical (unpaired) electrons. The molecule has 3 rings (SSSR count). The molecule has 3 aromatic carbocycles. The molecule has 5 heteroatoms. The molecule has 0 saturated heterocycles. The van der Waals surface area contributed by atoms with Crippen molar-refractivity contribution >= 4 is 23.3 Å². The number of carbonyl (C=O) groups excluding carboxylic acids is 1. The van der Waals surface area contributed by atoms with Crippen molar-refractivity contribution < 1.29 is 9.53 Å². The third-order valence-electron chi connectivity index (χ3n) is 3.70. The van der Waals surface area contributed by atoms with Crippen molar-refractivity contribution in [1.82, 2.24) is 5.32 Å². The van der Waals surface area contributed by atoms with E-state index in [-0.39, 0.29) is 6.03 Å². The number of hydrogen-bond acceptors (Lipinski definition) is 2. The van der Waals surface area contributed by atoms with Crippen molar-refractivity contribution in [2.45, 2.75) is 6.42 Å². The van der Waals surface area contributed by atoms with Gasteiger partial charge in [-0.15, -0.1) is 0 Å². The molecular formula is C21H19ClN2O2. The number of benzene rings is 3. The van der Waals surface area contributed by atoms with E-state index in [4.69, 9.17) is 16.3 Å². The van der Waals surface area contributed by atoms with E-state index in [0.29, 0.717) is 23.0 Å². The fourth-order valence-electron chi connectivity index (χ4n) is 2.38. The summed E-state index contributed by atoms with van der Waals surface area (Å²) in [6.07, 6.45) is 0.744. The summed E-state index contributed by atoms with van der Waals surface area (Å²) in [6.45, 7) is 0.544. The van der Waals surface area contributed by atoms with Gasteiger partial charge in [0.25, 0.3) is 0 Å². The van der Waals surface area contributed by atoms with Gasteiger partial charge in [0, 0.05) is 17.3 Å². The molecule has 0 aliphatic carbocycles. The van der Waals surface area contributed by atoms with Gasteiger partial charge in [-0.25, -0.2) is 4.79 Å². The van der Waals surface area contributed by atoms with Gasteiger partial charge < -0.3 is 15.4 Å². The van der Waals surface area contributed by atoms with Crippen LogP contribution in [0.2, 0.25) is 5.02 Å². The van der Waals surface area contributed by atoms with E-state index >= 15 is 0 Å². The molecule has 3 aromatic rings. The SMILES string of the molecule is O=C(NCCc1ccc(Cl)cc1)Nc1ccc(Oc2ccccc2)cc1. The van der Waals surface area contributed by atoms with Crippen LogP contribution < -0.4 is 15.4 Å². The van der Waals surface area contributed by atoms with E-state index in [0.717, 1.165) is 17.7 Å². The van der Waals surface area contributed by atoms with Gasteiger partial charge in [-0.3, -0.25) is 0 Å². The number of ether oxygens (including phenoxy) is 1. The third-order valence-corrected chi connectivity index (χ3v) is 3.96. The molecule has 0 aliphatic heterocycles. The van der Waals surface area contributed by atoms with Crippen LogP contribution in [0.4, 0.5) is 10.5 Å². The van der Waals surface area contributed by atoms with Crippen LogP contribution in [0.3, 0.4) is 0 Å². The molecule has 2 N–H and O–H groups in total. The second-order valence-corrected chi connectivity index (χ2v) is 6.13. The van der Waals surface area contributed by atoms with E-state index in [1.54, 1.807) is 12.1 Å². The van der Waals surface area contributed by atoms with Gasteiger partial charge in [0.15, 0.2) is 0 Å². The topological polar surface area (TPSA) is 50.4 Å². The Kier molecular flexibility index (Phi) is 6.12. The first-order valence-electron chi connectivity index (χ1n) is 8.31. The maximum atomic E-state index is 12.0. The number of rotatable bonds is 6. The van der Waals surface area contributed by atoms with Crippen molar-refractivity contribution in [3.05, 3.63) is 89.4 Å². The maximum absolute atomic E-state index is 12.0. The molecule has 0 atom stereocenters. The number of anilines is 1. The number of hydrogen-bond donors (Lipinski definition) is 2. The van der Waals surface area contributed by atoms with E-state index < -0.39 is 0 Å². The van der Waals surface area contributed by atoms with Gasteiger partial charge in [0.1, 0.15) is 11.5 Å². The van der Waals surface area contributed by atoms with Crippen LogP contribution in [0, 0.1) is 0 Å². The average molecular weight is 367 g/mol. The summed E-state index contributed by atoms with van der Waals surface area (Å²) in [7, 11) is 0. The molecular weight excluding hydrogens is 348 g/mol. The molecule has 0 aromatic heterocycles. The summed E-state index contributed by atoms with van der Waals surface area (Å²) in [4.78, 5) is 12.0. The Morgan fingerprint density at radius 1 is 0.846 bits per heavy atom. The lowest BCUT2D eigenvalue weighted by Gasteiger charge is -2.09. The Bertz CT molecular complexity index is 834. The lowest BCUT2D eigenvalue weighted by molar-refractivity contribution is 0.252. The minimum absolute atomic E-state index is 0.240. The average Bonchev–Trinajstić information content (AvgIpc) is 2.66. The van der Waals surface area contributed by atoms with Crippen LogP contribution in [-0.4, -0.2) is 12.6 Å². The fourth-order valence-corrected chi connectivity index (χ4v) is 2.50. The van der Waals surface area contributed by atoms with Gasteiger partial charge in [-0.1, -0.05) is 41.9 Å². The number of carbonyl (C=O) groups is 1. The number of nitrogens with one attached hydrogen (secondary N) is 2. The predicted octanol–water partition coefficient (Wildman–Crippen LogP) is 5.50. The van der Waals surface area contributed by atoms with Gasteiger partial charge in [0.05, 0.1) is 0 Å². The summed E-state index contributed by atoms with van der Waals surface area (Å²) >= 11 is 5.85. The molecule has 0 aliphatic rings. The maximum Gasteiger partial charge on any atom is 0.319 e. The molecule has 0 saturated carbocycles. The highest BCUT2D eigenvalue weighted by molar-refractivity contribution is 6.30. The van der Waals surface area contributed by atoms with Gasteiger partial charge in [-0.2, -0.15) is 0 Å². The first-order chi connectivity index (χ1) is 12.7. The molecule has 26 heavy (non-hydrogen) atoms. The quantitative estimate of drug-likeness (QED) is 0.605. The number of urea groups is 1. The van der Waals surface area contributed by atoms with Gasteiger partial charge >= 0.3 is 6.03 Å². The van der Waals surface area contributed by atoms with E-state index in [1.165, 1.54) is 0 Å². The Balaban J connectivity index is 1.44. The van der Waals surface area contributed by atoms with E-state index in [2.05, 4.69) is 10.6 Å². The minimum atomic E-state index is -0.240. The Labute approximate surface area is 157 Å². The highest BCUT2D eigenvalue weighted by Gasteiger charge is 2.03. The zero-order chi connectivity index (χ0) is 18.2. The number of amides is 2. The van der Waals surface area contributed by atoms with E-state index in [1.807, 2.05) is 66.7 Å². The molecule has 2 amide bonds. The lowest BCUT2D eigenvalue weighted by Crippen LogP contribution is -2.30. The van der Waals surface area contributed by atoms with Crippen molar-refractivity contribution in [2.75, 3.05) is 11.9 Å². The van der Waals surface area contributed by atoms with E-state index in [9.17, 15) is 4.79 Å². The molecule has 4 nitrogen and oxygen atoms in total. The van der Waals surface area contributed by atoms with Crippen molar-refractivity contribution in [3.63, 3.8) is 0 Å². The van der Waals surface area contributed by atoms with Gasteiger partial charge in [0.2, 0.25) is 0 Å². The minimum Gasteiger partial charge on any atom is -0.457 e. The summed E-state index contributed by atoms with van der Waals surface area (Å²) in [5.41, 5.74) is 1.83. The number of para-hydroxylation sites is 1. The zero-order valence-corrected chi connectivity index (χ0v) is 14.9. The molecule has 0 heterocycles. The molecule has 0 bridgehead atoms.